The molecule has 0 aliphatic heterocycles. The van der Waals surface area contributed by atoms with Gasteiger partial charge in [0.25, 0.3) is 0 Å². The lowest BCUT2D eigenvalue weighted by atomic mass is 10.2. The van der Waals surface area contributed by atoms with Crippen molar-refractivity contribution in [1.29, 1.82) is 0 Å². The summed E-state index contributed by atoms with van der Waals surface area (Å²) in [5.74, 6) is 1.53. The number of likely N-dealkylation sites (N-methyl/N-ethyl adjacent to an activating group) is 1. The van der Waals surface area contributed by atoms with Crippen LogP contribution >= 0.6 is 0 Å². The minimum Gasteiger partial charge on any atom is -0.493 e. The van der Waals surface area contributed by atoms with Crippen LogP contribution in [-0.4, -0.2) is 32.7 Å². The Balaban J connectivity index is 2.75. The average molecular weight is 235 g/mol. The first kappa shape index (κ1) is 13.6. The molecule has 0 unspecified atom stereocenters. The second-order valence-corrected chi connectivity index (χ2v) is 4.32. The highest BCUT2D eigenvalue weighted by Crippen LogP contribution is 2.27. The first-order valence-corrected chi connectivity index (χ1v) is 5.60. The van der Waals surface area contributed by atoms with Crippen LogP contribution in [0.15, 0.2) is 30.4 Å². The fourth-order valence-electron chi connectivity index (χ4n) is 1.81. The van der Waals surface area contributed by atoms with E-state index in [-0.39, 0.29) is 0 Å². The van der Waals surface area contributed by atoms with Crippen molar-refractivity contribution in [3.05, 3.63) is 35.9 Å². The SMILES string of the molecule is C=C(C)CN(C)Cc1ccc(OC)c(OC)c1. The molecule has 1 aromatic rings. The van der Waals surface area contributed by atoms with E-state index in [0.29, 0.717) is 0 Å². The molecule has 3 nitrogen and oxygen atoms in total. The molecule has 0 aromatic heterocycles. The Hall–Kier alpha value is -1.48. The largest absolute Gasteiger partial charge is 0.493 e. The van der Waals surface area contributed by atoms with Crippen LogP contribution < -0.4 is 9.47 Å². The standard InChI is InChI=1S/C14H21NO2/c1-11(2)9-15(3)10-12-6-7-13(16-4)14(8-12)17-5/h6-8H,1,9-10H2,2-5H3. The fourth-order valence-corrected chi connectivity index (χ4v) is 1.81. The molecule has 1 rings (SSSR count). The third-order valence-electron chi connectivity index (χ3n) is 2.44. The molecule has 0 spiro atoms. The number of benzene rings is 1. The molecule has 0 fully saturated rings. The topological polar surface area (TPSA) is 21.7 Å². The van der Waals surface area contributed by atoms with Crippen LogP contribution in [0.1, 0.15) is 12.5 Å². The molecule has 17 heavy (non-hydrogen) atoms. The van der Waals surface area contributed by atoms with E-state index in [9.17, 15) is 0 Å². The summed E-state index contributed by atoms with van der Waals surface area (Å²) in [5.41, 5.74) is 2.36. The van der Waals surface area contributed by atoms with Gasteiger partial charge >= 0.3 is 0 Å². The van der Waals surface area contributed by atoms with Crippen molar-refractivity contribution in [2.24, 2.45) is 0 Å². The number of hydrogen-bond acceptors (Lipinski definition) is 3. The zero-order valence-corrected chi connectivity index (χ0v) is 11.1. The lowest BCUT2D eigenvalue weighted by Gasteiger charge is -2.17. The molecule has 3 heteroatoms. The molecule has 0 bridgehead atoms. The monoisotopic (exact) mass is 235 g/mol. The average Bonchev–Trinajstić information content (AvgIpc) is 2.27. The molecule has 0 heterocycles. The molecule has 0 amide bonds. The van der Waals surface area contributed by atoms with Gasteiger partial charge in [-0.05, 0) is 31.7 Å². The summed E-state index contributed by atoms with van der Waals surface area (Å²) < 4.78 is 10.5. The maximum Gasteiger partial charge on any atom is 0.161 e. The van der Waals surface area contributed by atoms with Gasteiger partial charge in [0.1, 0.15) is 0 Å². The predicted molar refractivity (Wildman–Crippen MR) is 70.7 cm³/mol. The van der Waals surface area contributed by atoms with Crippen molar-refractivity contribution in [3.8, 4) is 11.5 Å². The normalized spacial score (nSPS) is 10.4. The van der Waals surface area contributed by atoms with Gasteiger partial charge in [0.05, 0.1) is 14.2 Å². The minimum atomic E-state index is 0.763. The third kappa shape index (κ3) is 4.11. The highest BCUT2D eigenvalue weighted by molar-refractivity contribution is 5.42. The highest BCUT2D eigenvalue weighted by atomic mass is 16.5. The molecule has 0 aliphatic rings. The quantitative estimate of drug-likeness (QED) is 0.708. The van der Waals surface area contributed by atoms with Gasteiger partial charge in [-0.15, -0.1) is 0 Å². The third-order valence-corrected chi connectivity index (χ3v) is 2.44. The number of rotatable bonds is 6. The number of methoxy groups -OCH3 is 2. The van der Waals surface area contributed by atoms with Gasteiger partial charge in [-0.3, -0.25) is 4.90 Å². The van der Waals surface area contributed by atoms with E-state index in [1.165, 1.54) is 5.56 Å². The summed E-state index contributed by atoms with van der Waals surface area (Å²) in [5, 5.41) is 0. The maximum absolute atomic E-state index is 5.28. The summed E-state index contributed by atoms with van der Waals surface area (Å²) in [6.45, 7) is 7.71. The van der Waals surface area contributed by atoms with E-state index >= 15 is 0 Å². The van der Waals surface area contributed by atoms with E-state index in [2.05, 4.69) is 24.6 Å². The molecular weight excluding hydrogens is 214 g/mol. The van der Waals surface area contributed by atoms with Crippen LogP contribution in [-0.2, 0) is 6.54 Å². The summed E-state index contributed by atoms with van der Waals surface area (Å²) in [7, 11) is 5.37. The zero-order chi connectivity index (χ0) is 12.8. The van der Waals surface area contributed by atoms with Gasteiger partial charge in [0, 0.05) is 13.1 Å². The number of hydrogen-bond donors (Lipinski definition) is 0. The highest BCUT2D eigenvalue weighted by Gasteiger charge is 2.06. The van der Waals surface area contributed by atoms with Crippen LogP contribution in [0.2, 0.25) is 0 Å². The van der Waals surface area contributed by atoms with Crippen LogP contribution in [0.5, 0.6) is 11.5 Å². The van der Waals surface area contributed by atoms with E-state index in [0.717, 1.165) is 30.2 Å². The molecule has 1 aromatic carbocycles. The van der Waals surface area contributed by atoms with E-state index in [1.54, 1.807) is 14.2 Å². The van der Waals surface area contributed by atoms with Crippen LogP contribution in [0.4, 0.5) is 0 Å². The molecule has 0 atom stereocenters. The lowest BCUT2D eigenvalue weighted by Crippen LogP contribution is -2.19. The van der Waals surface area contributed by atoms with Crippen molar-refractivity contribution in [3.63, 3.8) is 0 Å². The Morgan fingerprint density at radius 1 is 1.24 bits per heavy atom. The van der Waals surface area contributed by atoms with Gasteiger partial charge in [0.15, 0.2) is 11.5 Å². The zero-order valence-electron chi connectivity index (χ0n) is 11.1. The van der Waals surface area contributed by atoms with Gasteiger partial charge in [-0.25, -0.2) is 0 Å². The molecule has 0 aliphatic carbocycles. The molecule has 0 radical (unpaired) electrons. The second-order valence-electron chi connectivity index (χ2n) is 4.32. The Labute approximate surface area is 104 Å². The molecule has 94 valence electrons. The van der Waals surface area contributed by atoms with Crippen molar-refractivity contribution >= 4 is 0 Å². The van der Waals surface area contributed by atoms with Crippen LogP contribution in [0, 0.1) is 0 Å². The van der Waals surface area contributed by atoms with Crippen molar-refractivity contribution in [2.75, 3.05) is 27.8 Å². The van der Waals surface area contributed by atoms with E-state index in [4.69, 9.17) is 9.47 Å². The van der Waals surface area contributed by atoms with Crippen LogP contribution in [0.25, 0.3) is 0 Å². The van der Waals surface area contributed by atoms with E-state index < -0.39 is 0 Å². The van der Waals surface area contributed by atoms with Gasteiger partial charge in [-0.1, -0.05) is 18.2 Å². The second kappa shape index (κ2) is 6.30. The van der Waals surface area contributed by atoms with Crippen molar-refractivity contribution in [1.82, 2.24) is 4.90 Å². The van der Waals surface area contributed by atoms with Crippen molar-refractivity contribution < 1.29 is 9.47 Å². The Bertz CT molecular complexity index is 388. The minimum absolute atomic E-state index is 0.763. The van der Waals surface area contributed by atoms with Gasteiger partial charge < -0.3 is 9.47 Å². The maximum atomic E-state index is 5.28. The van der Waals surface area contributed by atoms with Gasteiger partial charge in [-0.2, -0.15) is 0 Å². The van der Waals surface area contributed by atoms with Crippen LogP contribution in [0.3, 0.4) is 0 Å². The molecule has 0 saturated carbocycles. The van der Waals surface area contributed by atoms with Gasteiger partial charge in [0.2, 0.25) is 0 Å². The first-order valence-electron chi connectivity index (χ1n) is 5.60. The fraction of sp³-hybridized carbons (Fsp3) is 0.429. The van der Waals surface area contributed by atoms with Crippen molar-refractivity contribution in [2.45, 2.75) is 13.5 Å². The smallest absolute Gasteiger partial charge is 0.161 e. The summed E-state index contributed by atoms with van der Waals surface area (Å²) in [6, 6.07) is 5.99. The molecule has 0 saturated heterocycles. The number of ether oxygens (including phenoxy) is 2. The molecular formula is C14H21NO2. The first-order chi connectivity index (χ1) is 8.06. The summed E-state index contributed by atoms with van der Waals surface area (Å²) in [4.78, 5) is 2.21. The lowest BCUT2D eigenvalue weighted by molar-refractivity contribution is 0.344. The number of nitrogens with zero attached hydrogens (tertiary/aromatic N) is 1. The Morgan fingerprint density at radius 3 is 2.41 bits per heavy atom. The summed E-state index contributed by atoms with van der Waals surface area (Å²) >= 11 is 0. The Kier molecular flexibility index (Phi) is 5.04. The predicted octanol–water partition coefficient (Wildman–Crippen LogP) is 2.71. The Morgan fingerprint density at radius 2 is 1.88 bits per heavy atom. The van der Waals surface area contributed by atoms with E-state index in [1.807, 2.05) is 19.1 Å². The summed E-state index contributed by atoms with van der Waals surface area (Å²) in [6.07, 6.45) is 0. The molecule has 0 N–H and O–H groups in total.